The molecule has 0 aliphatic carbocycles. The summed E-state index contributed by atoms with van der Waals surface area (Å²) in [6.07, 6.45) is 1.46. The zero-order valence-corrected chi connectivity index (χ0v) is 14.4. The van der Waals surface area contributed by atoms with E-state index < -0.39 is 0 Å². The Morgan fingerprint density at radius 3 is 2.54 bits per heavy atom. The molecule has 1 aromatic carbocycles. The molecule has 0 unspecified atom stereocenters. The van der Waals surface area contributed by atoms with E-state index in [1.165, 1.54) is 11.9 Å². The summed E-state index contributed by atoms with van der Waals surface area (Å²) in [6, 6.07) is 5.91. The molecule has 0 radical (unpaired) electrons. The quantitative estimate of drug-likeness (QED) is 0.889. The summed E-state index contributed by atoms with van der Waals surface area (Å²) in [5.41, 5.74) is 12.3. The number of rotatable bonds is 4. The van der Waals surface area contributed by atoms with Gasteiger partial charge in [0.05, 0.1) is 0 Å². The molecule has 1 aliphatic heterocycles. The molecule has 2 heterocycles. The number of nitrogens with two attached hydrogens (primary N) is 1. The molecule has 3 rings (SSSR count). The molecule has 128 valence electrons. The average molecular weight is 328 g/mol. The molecule has 0 atom stereocenters. The third-order valence-corrected chi connectivity index (χ3v) is 4.31. The van der Waals surface area contributed by atoms with Crippen LogP contribution in [0.1, 0.15) is 11.1 Å². The molecule has 1 aromatic heterocycles. The molecule has 0 amide bonds. The van der Waals surface area contributed by atoms with Gasteiger partial charge < -0.3 is 20.8 Å². The van der Waals surface area contributed by atoms with Crippen LogP contribution in [-0.4, -0.2) is 53.1 Å². The van der Waals surface area contributed by atoms with E-state index in [4.69, 9.17) is 10.5 Å². The molecule has 3 N–H and O–H groups in total. The van der Waals surface area contributed by atoms with Gasteiger partial charge in [0.2, 0.25) is 5.88 Å². The minimum absolute atomic E-state index is 0.366. The Kier molecular flexibility index (Phi) is 4.82. The maximum absolute atomic E-state index is 6.19. The summed E-state index contributed by atoms with van der Waals surface area (Å²) in [5.74, 6) is 1.66. The number of ether oxygens (including phenoxy) is 1. The van der Waals surface area contributed by atoms with E-state index >= 15 is 0 Å². The number of aryl methyl sites for hydroxylation is 2. The van der Waals surface area contributed by atoms with Gasteiger partial charge in [-0.05, 0) is 44.2 Å². The van der Waals surface area contributed by atoms with Crippen molar-refractivity contribution in [3.05, 3.63) is 35.7 Å². The van der Waals surface area contributed by atoms with E-state index in [9.17, 15) is 0 Å². The number of hydrogen-bond donors (Lipinski definition) is 2. The van der Waals surface area contributed by atoms with Gasteiger partial charge in [-0.1, -0.05) is 6.07 Å². The van der Waals surface area contributed by atoms with Crippen molar-refractivity contribution < 1.29 is 4.74 Å². The van der Waals surface area contributed by atoms with Gasteiger partial charge in [0.25, 0.3) is 0 Å². The average Bonchev–Trinajstić information content (AvgIpc) is 2.57. The predicted octanol–water partition coefficient (Wildman–Crippen LogP) is 2.04. The van der Waals surface area contributed by atoms with Crippen LogP contribution in [0, 0.1) is 13.8 Å². The van der Waals surface area contributed by atoms with Gasteiger partial charge in [0, 0.05) is 26.2 Å². The summed E-state index contributed by atoms with van der Waals surface area (Å²) < 4.78 is 5.85. The Bertz CT molecular complexity index is 712. The number of likely N-dealkylation sites (N-methyl/N-ethyl adjacent to an activating group) is 1. The van der Waals surface area contributed by atoms with Gasteiger partial charge in [0.15, 0.2) is 5.82 Å². The highest BCUT2D eigenvalue weighted by molar-refractivity contribution is 5.66. The zero-order chi connectivity index (χ0) is 17.1. The van der Waals surface area contributed by atoms with Crippen molar-refractivity contribution in [1.82, 2.24) is 19.9 Å². The first-order chi connectivity index (χ1) is 11.5. The second-order valence-corrected chi connectivity index (χ2v) is 6.19. The van der Waals surface area contributed by atoms with Crippen molar-refractivity contribution in [2.24, 2.45) is 0 Å². The third kappa shape index (κ3) is 3.74. The normalized spacial score (nSPS) is 16.1. The number of hydrogen-bond acceptors (Lipinski definition) is 7. The molecular formula is C17H24N6O. The van der Waals surface area contributed by atoms with Crippen molar-refractivity contribution >= 4 is 11.5 Å². The first-order valence-corrected chi connectivity index (χ1v) is 8.08. The maximum Gasteiger partial charge on any atom is 0.248 e. The molecule has 1 fully saturated rings. The highest BCUT2D eigenvalue weighted by Gasteiger charge is 2.17. The number of anilines is 2. The Balaban J connectivity index is 1.74. The minimum Gasteiger partial charge on any atom is -0.437 e. The second kappa shape index (κ2) is 7.02. The summed E-state index contributed by atoms with van der Waals surface area (Å²) in [4.78, 5) is 10.7. The van der Waals surface area contributed by atoms with E-state index in [1.807, 2.05) is 25.1 Å². The van der Waals surface area contributed by atoms with E-state index in [2.05, 4.69) is 39.3 Å². The zero-order valence-electron chi connectivity index (χ0n) is 14.4. The van der Waals surface area contributed by atoms with Crippen LogP contribution in [0.25, 0.3) is 0 Å². The van der Waals surface area contributed by atoms with Crippen molar-refractivity contribution in [1.29, 1.82) is 0 Å². The second-order valence-electron chi connectivity index (χ2n) is 6.19. The largest absolute Gasteiger partial charge is 0.437 e. The molecule has 7 nitrogen and oxygen atoms in total. The smallest absolute Gasteiger partial charge is 0.248 e. The summed E-state index contributed by atoms with van der Waals surface area (Å²) >= 11 is 0. The SMILES string of the molecule is Cc1ccc(Oc2ncnc(NN3CCN(C)CC3)c2N)cc1C. The lowest BCUT2D eigenvalue weighted by atomic mass is 10.1. The minimum atomic E-state index is 0.366. The van der Waals surface area contributed by atoms with Crippen LogP contribution in [-0.2, 0) is 0 Å². The van der Waals surface area contributed by atoms with Crippen molar-refractivity contribution in [2.45, 2.75) is 13.8 Å². The van der Waals surface area contributed by atoms with Crippen LogP contribution >= 0.6 is 0 Å². The molecule has 0 spiro atoms. The molecule has 0 saturated carbocycles. The fraction of sp³-hybridized carbons (Fsp3) is 0.412. The fourth-order valence-electron chi connectivity index (χ4n) is 2.51. The van der Waals surface area contributed by atoms with Gasteiger partial charge in [-0.3, -0.25) is 0 Å². The number of benzene rings is 1. The van der Waals surface area contributed by atoms with Crippen LogP contribution in [0.3, 0.4) is 0 Å². The Labute approximate surface area is 142 Å². The topological polar surface area (TPSA) is 79.5 Å². The molecule has 2 aromatic rings. The summed E-state index contributed by atoms with van der Waals surface area (Å²) in [5, 5.41) is 2.11. The highest BCUT2D eigenvalue weighted by Crippen LogP contribution is 2.30. The number of nitrogens with zero attached hydrogens (tertiary/aromatic N) is 4. The lowest BCUT2D eigenvalue weighted by Gasteiger charge is -2.32. The monoisotopic (exact) mass is 328 g/mol. The van der Waals surface area contributed by atoms with Gasteiger partial charge in [-0.15, -0.1) is 0 Å². The molecule has 24 heavy (non-hydrogen) atoms. The summed E-state index contributed by atoms with van der Waals surface area (Å²) in [7, 11) is 2.12. The van der Waals surface area contributed by atoms with Crippen LogP contribution in [0.15, 0.2) is 24.5 Å². The first kappa shape index (κ1) is 16.5. The number of nitrogens with one attached hydrogen (secondary N) is 1. The van der Waals surface area contributed by atoms with Crippen LogP contribution in [0.4, 0.5) is 11.5 Å². The van der Waals surface area contributed by atoms with Crippen LogP contribution in [0.5, 0.6) is 11.6 Å². The fourth-order valence-corrected chi connectivity index (χ4v) is 2.51. The highest BCUT2D eigenvalue weighted by atomic mass is 16.5. The molecule has 0 bridgehead atoms. The predicted molar refractivity (Wildman–Crippen MR) is 95.1 cm³/mol. The van der Waals surface area contributed by atoms with Gasteiger partial charge in [-0.2, -0.15) is 4.98 Å². The maximum atomic E-state index is 6.19. The van der Waals surface area contributed by atoms with E-state index in [1.54, 1.807) is 0 Å². The summed E-state index contributed by atoms with van der Waals surface area (Å²) in [6.45, 7) is 7.94. The number of nitrogen functional groups attached to an aromatic ring is 1. The molecule has 1 aliphatic rings. The van der Waals surface area contributed by atoms with E-state index in [0.29, 0.717) is 23.1 Å². The lowest BCUT2D eigenvalue weighted by molar-refractivity contribution is 0.178. The third-order valence-electron chi connectivity index (χ3n) is 4.31. The van der Waals surface area contributed by atoms with E-state index in [0.717, 1.165) is 31.7 Å². The van der Waals surface area contributed by atoms with Crippen LogP contribution in [0.2, 0.25) is 0 Å². The van der Waals surface area contributed by atoms with Crippen LogP contribution < -0.4 is 15.9 Å². The molecule has 7 heteroatoms. The van der Waals surface area contributed by atoms with Crippen molar-refractivity contribution in [2.75, 3.05) is 44.4 Å². The van der Waals surface area contributed by atoms with Gasteiger partial charge in [0.1, 0.15) is 17.8 Å². The van der Waals surface area contributed by atoms with Gasteiger partial charge in [-0.25, -0.2) is 9.99 Å². The number of hydrazine groups is 1. The van der Waals surface area contributed by atoms with Crippen molar-refractivity contribution in [3.8, 4) is 11.6 Å². The van der Waals surface area contributed by atoms with Crippen molar-refractivity contribution in [3.63, 3.8) is 0 Å². The van der Waals surface area contributed by atoms with E-state index in [-0.39, 0.29) is 0 Å². The Morgan fingerprint density at radius 1 is 1.08 bits per heavy atom. The first-order valence-electron chi connectivity index (χ1n) is 8.08. The van der Waals surface area contributed by atoms with Gasteiger partial charge >= 0.3 is 0 Å². The Morgan fingerprint density at radius 2 is 1.83 bits per heavy atom. The number of piperazine rings is 1. The standard InChI is InChI=1S/C17H24N6O/c1-12-4-5-14(10-13(12)2)24-17-15(18)16(19-11-20-17)21-23-8-6-22(3)7-9-23/h4-5,10-11H,6-9,18H2,1-3H3,(H,19,20,21). The lowest BCUT2D eigenvalue weighted by Crippen LogP contribution is -2.47. The molecule has 1 saturated heterocycles. The number of aromatic nitrogens is 2. The Hall–Kier alpha value is -2.38. The molecular weight excluding hydrogens is 304 g/mol.